The van der Waals surface area contributed by atoms with Gasteiger partial charge in [0.2, 0.25) is 0 Å². The van der Waals surface area contributed by atoms with Crippen LogP contribution in [0.2, 0.25) is 0 Å². The molecular formula is C18H29NO2. The van der Waals surface area contributed by atoms with Gasteiger partial charge in [-0.15, -0.1) is 0 Å². The Hall–Kier alpha value is -1.22. The summed E-state index contributed by atoms with van der Waals surface area (Å²) in [6.45, 7) is 5.17. The highest BCUT2D eigenvalue weighted by molar-refractivity contribution is 5.61. The SMILES string of the molecule is CCCCCCCCCN1CCOc2ccc(CO)cc21. The second-order valence-corrected chi connectivity index (χ2v) is 5.92. The molecule has 0 fully saturated rings. The molecular weight excluding hydrogens is 262 g/mol. The number of aliphatic hydroxyl groups is 1. The van der Waals surface area contributed by atoms with Gasteiger partial charge in [-0.25, -0.2) is 0 Å². The van der Waals surface area contributed by atoms with Crippen molar-refractivity contribution in [2.45, 2.75) is 58.5 Å². The fraction of sp³-hybridized carbons (Fsp3) is 0.667. The molecule has 1 heterocycles. The average molecular weight is 291 g/mol. The summed E-state index contributed by atoms with van der Waals surface area (Å²) in [4.78, 5) is 2.41. The molecule has 0 aliphatic carbocycles. The second-order valence-electron chi connectivity index (χ2n) is 5.92. The third kappa shape index (κ3) is 4.92. The molecule has 1 aromatic rings. The molecule has 0 atom stereocenters. The van der Waals surface area contributed by atoms with E-state index in [0.717, 1.165) is 36.7 Å². The summed E-state index contributed by atoms with van der Waals surface area (Å²) in [6, 6.07) is 5.99. The monoisotopic (exact) mass is 291 g/mol. The Morgan fingerprint density at radius 2 is 1.86 bits per heavy atom. The van der Waals surface area contributed by atoms with Gasteiger partial charge in [-0.1, -0.05) is 51.5 Å². The molecule has 21 heavy (non-hydrogen) atoms. The molecule has 1 aliphatic heterocycles. The number of unbranched alkanes of at least 4 members (excludes halogenated alkanes) is 6. The molecule has 0 saturated carbocycles. The van der Waals surface area contributed by atoms with Crippen LogP contribution in [0.1, 0.15) is 57.4 Å². The number of aliphatic hydroxyl groups excluding tert-OH is 1. The van der Waals surface area contributed by atoms with E-state index in [1.165, 1.54) is 44.9 Å². The highest BCUT2D eigenvalue weighted by Crippen LogP contribution is 2.32. The number of benzene rings is 1. The zero-order valence-corrected chi connectivity index (χ0v) is 13.3. The van der Waals surface area contributed by atoms with Crippen LogP contribution in [0.3, 0.4) is 0 Å². The van der Waals surface area contributed by atoms with Gasteiger partial charge in [-0.2, -0.15) is 0 Å². The van der Waals surface area contributed by atoms with Crippen LogP contribution in [-0.2, 0) is 6.61 Å². The van der Waals surface area contributed by atoms with Crippen LogP contribution in [0, 0.1) is 0 Å². The van der Waals surface area contributed by atoms with Crippen LogP contribution < -0.4 is 9.64 Å². The van der Waals surface area contributed by atoms with Crippen molar-refractivity contribution in [1.29, 1.82) is 0 Å². The highest BCUT2D eigenvalue weighted by Gasteiger charge is 2.17. The summed E-state index contributed by atoms with van der Waals surface area (Å²) < 4.78 is 5.70. The number of hydrogen-bond donors (Lipinski definition) is 1. The maximum absolute atomic E-state index is 9.28. The first kappa shape index (κ1) is 16.2. The predicted octanol–water partition coefficient (Wildman–Crippen LogP) is 4.13. The summed E-state index contributed by atoms with van der Waals surface area (Å²) in [5, 5.41) is 9.28. The standard InChI is InChI=1S/C18H29NO2/c1-2-3-4-5-6-7-8-11-19-12-13-21-18-10-9-16(15-20)14-17(18)19/h9-10,14,20H,2-8,11-13,15H2,1H3. The van der Waals surface area contributed by atoms with Crippen LogP contribution in [-0.4, -0.2) is 24.8 Å². The maximum atomic E-state index is 9.28. The highest BCUT2D eigenvalue weighted by atomic mass is 16.5. The lowest BCUT2D eigenvalue weighted by Gasteiger charge is -2.31. The van der Waals surface area contributed by atoms with Crippen molar-refractivity contribution >= 4 is 5.69 Å². The Kier molecular flexibility index (Phi) is 6.87. The van der Waals surface area contributed by atoms with E-state index in [4.69, 9.17) is 4.74 Å². The van der Waals surface area contributed by atoms with E-state index < -0.39 is 0 Å². The first-order valence-electron chi connectivity index (χ1n) is 8.46. The molecule has 1 aliphatic rings. The number of fused-ring (bicyclic) bond motifs is 1. The lowest BCUT2D eigenvalue weighted by Crippen LogP contribution is -2.33. The Labute approximate surface area is 128 Å². The minimum absolute atomic E-state index is 0.0958. The smallest absolute Gasteiger partial charge is 0.142 e. The van der Waals surface area contributed by atoms with E-state index >= 15 is 0 Å². The van der Waals surface area contributed by atoms with Crippen LogP contribution in [0.4, 0.5) is 5.69 Å². The zero-order valence-electron chi connectivity index (χ0n) is 13.3. The number of ether oxygens (including phenoxy) is 1. The van der Waals surface area contributed by atoms with Crippen molar-refractivity contribution in [3.63, 3.8) is 0 Å². The van der Waals surface area contributed by atoms with Crippen LogP contribution in [0.15, 0.2) is 18.2 Å². The largest absolute Gasteiger partial charge is 0.490 e. The van der Waals surface area contributed by atoms with Crippen molar-refractivity contribution in [3.8, 4) is 5.75 Å². The Bertz CT molecular complexity index is 420. The molecule has 1 N–H and O–H groups in total. The van der Waals surface area contributed by atoms with Gasteiger partial charge in [0.1, 0.15) is 12.4 Å². The Balaban J connectivity index is 1.77. The van der Waals surface area contributed by atoms with Gasteiger partial charge >= 0.3 is 0 Å². The topological polar surface area (TPSA) is 32.7 Å². The third-order valence-corrected chi connectivity index (χ3v) is 4.20. The molecule has 0 bridgehead atoms. The lowest BCUT2D eigenvalue weighted by molar-refractivity contribution is 0.280. The summed E-state index contributed by atoms with van der Waals surface area (Å²) in [5.41, 5.74) is 2.11. The average Bonchev–Trinajstić information content (AvgIpc) is 2.53. The predicted molar refractivity (Wildman–Crippen MR) is 88.1 cm³/mol. The van der Waals surface area contributed by atoms with E-state index in [0.29, 0.717) is 0 Å². The van der Waals surface area contributed by atoms with Crippen molar-refractivity contribution in [2.75, 3.05) is 24.6 Å². The van der Waals surface area contributed by atoms with Gasteiger partial charge in [0.15, 0.2) is 0 Å². The van der Waals surface area contributed by atoms with Gasteiger partial charge < -0.3 is 14.7 Å². The molecule has 0 saturated heterocycles. The van der Waals surface area contributed by atoms with Crippen LogP contribution >= 0.6 is 0 Å². The van der Waals surface area contributed by atoms with E-state index in [-0.39, 0.29) is 6.61 Å². The molecule has 0 aromatic heterocycles. The van der Waals surface area contributed by atoms with Gasteiger partial charge in [0.25, 0.3) is 0 Å². The van der Waals surface area contributed by atoms with Gasteiger partial charge in [0.05, 0.1) is 18.8 Å². The van der Waals surface area contributed by atoms with Crippen molar-refractivity contribution < 1.29 is 9.84 Å². The van der Waals surface area contributed by atoms with E-state index in [1.54, 1.807) is 0 Å². The molecule has 0 amide bonds. The normalized spacial score (nSPS) is 13.9. The van der Waals surface area contributed by atoms with Gasteiger partial charge in [-0.05, 0) is 24.1 Å². The molecule has 118 valence electrons. The first-order valence-corrected chi connectivity index (χ1v) is 8.46. The Morgan fingerprint density at radius 3 is 2.62 bits per heavy atom. The molecule has 0 radical (unpaired) electrons. The number of rotatable bonds is 9. The van der Waals surface area contributed by atoms with Gasteiger partial charge in [-0.3, -0.25) is 0 Å². The number of hydrogen-bond acceptors (Lipinski definition) is 3. The molecule has 3 nitrogen and oxygen atoms in total. The number of anilines is 1. The lowest BCUT2D eigenvalue weighted by atomic mass is 10.1. The summed E-state index contributed by atoms with van der Waals surface area (Å²) in [5.74, 6) is 0.960. The zero-order chi connectivity index (χ0) is 14.9. The molecule has 2 rings (SSSR count). The fourth-order valence-corrected chi connectivity index (χ4v) is 2.91. The first-order chi connectivity index (χ1) is 10.3. The third-order valence-electron chi connectivity index (χ3n) is 4.20. The maximum Gasteiger partial charge on any atom is 0.142 e. The summed E-state index contributed by atoms with van der Waals surface area (Å²) in [6.07, 6.45) is 9.37. The van der Waals surface area contributed by atoms with Gasteiger partial charge in [0, 0.05) is 6.54 Å². The van der Waals surface area contributed by atoms with Crippen LogP contribution in [0.25, 0.3) is 0 Å². The minimum Gasteiger partial charge on any atom is -0.490 e. The fourth-order valence-electron chi connectivity index (χ4n) is 2.91. The summed E-state index contributed by atoms with van der Waals surface area (Å²) >= 11 is 0. The van der Waals surface area contributed by atoms with E-state index in [2.05, 4.69) is 17.9 Å². The van der Waals surface area contributed by atoms with Crippen molar-refractivity contribution in [2.24, 2.45) is 0 Å². The molecule has 1 aromatic carbocycles. The molecule has 0 unspecified atom stereocenters. The van der Waals surface area contributed by atoms with Crippen molar-refractivity contribution in [3.05, 3.63) is 23.8 Å². The number of nitrogens with zero attached hydrogens (tertiary/aromatic N) is 1. The van der Waals surface area contributed by atoms with E-state index in [1.807, 2.05) is 12.1 Å². The summed E-state index contributed by atoms with van der Waals surface area (Å²) in [7, 11) is 0. The van der Waals surface area contributed by atoms with E-state index in [9.17, 15) is 5.11 Å². The van der Waals surface area contributed by atoms with Crippen molar-refractivity contribution in [1.82, 2.24) is 0 Å². The molecule has 3 heteroatoms. The quantitative estimate of drug-likeness (QED) is 0.694. The minimum atomic E-state index is 0.0958. The second kappa shape index (κ2) is 8.93. The Morgan fingerprint density at radius 1 is 1.10 bits per heavy atom. The van der Waals surface area contributed by atoms with Crippen LogP contribution in [0.5, 0.6) is 5.75 Å². The molecule has 0 spiro atoms.